The summed E-state index contributed by atoms with van der Waals surface area (Å²) < 4.78 is 0. The van der Waals surface area contributed by atoms with E-state index in [1.54, 1.807) is 0 Å². The van der Waals surface area contributed by atoms with E-state index in [0.717, 1.165) is 49.7 Å². The molecule has 1 N–H and O–H groups in total. The molecule has 4 heteroatoms. The van der Waals surface area contributed by atoms with Crippen molar-refractivity contribution in [2.45, 2.75) is 47.0 Å². The lowest BCUT2D eigenvalue weighted by Crippen LogP contribution is -2.24. The van der Waals surface area contributed by atoms with Crippen LogP contribution in [-0.2, 0) is 12.8 Å². The summed E-state index contributed by atoms with van der Waals surface area (Å²) in [5, 5.41) is 3.49. The Kier molecular flexibility index (Phi) is 7.83. The molecule has 1 aromatic heterocycles. The molecule has 0 bridgehead atoms. The second-order valence-electron chi connectivity index (χ2n) is 6.36. The van der Waals surface area contributed by atoms with E-state index < -0.39 is 0 Å². The highest BCUT2D eigenvalue weighted by Gasteiger charge is 2.12. The lowest BCUT2D eigenvalue weighted by Gasteiger charge is -2.16. The third-order valence-corrected chi connectivity index (χ3v) is 3.72. The van der Waals surface area contributed by atoms with E-state index >= 15 is 0 Å². The topological polar surface area (TPSA) is 41.1 Å². The van der Waals surface area contributed by atoms with E-state index in [-0.39, 0.29) is 0 Å². The summed E-state index contributed by atoms with van der Waals surface area (Å²) in [6.07, 6.45) is 3.17. The molecule has 120 valence electrons. The van der Waals surface area contributed by atoms with Crippen molar-refractivity contribution < 1.29 is 0 Å². The summed E-state index contributed by atoms with van der Waals surface area (Å²) in [7, 11) is 4.16. The van der Waals surface area contributed by atoms with Crippen molar-refractivity contribution in [2.24, 2.45) is 5.92 Å². The summed E-state index contributed by atoms with van der Waals surface area (Å²) in [6.45, 7) is 11.9. The molecule has 0 saturated carbocycles. The van der Waals surface area contributed by atoms with Gasteiger partial charge < -0.3 is 10.2 Å². The van der Waals surface area contributed by atoms with Crippen LogP contribution < -0.4 is 5.32 Å². The smallest absolute Gasteiger partial charge is 0.130 e. The molecular formula is C17H32N4. The maximum Gasteiger partial charge on any atom is 0.130 e. The van der Waals surface area contributed by atoms with Crippen molar-refractivity contribution in [1.29, 1.82) is 0 Å². The fourth-order valence-corrected chi connectivity index (χ4v) is 2.49. The van der Waals surface area contributed by atoms with Crippen LogP contribution >= 0.6 is 0 Å². The summed E-state index contributed by atoms with van der Waals surface area (Å²) in [5.41, 5.74) is 3.63. The Balaban J connectivity index is 2.66. The SMILES string of the molecule is CCCNCC(C)Cc1c(C)nc(CCN(C)C)nc1C. The Labute approximate surface area is 130 Å². The monoisotopic (exact) mass is 292 g/mol. The van der Waals surface area contributed by atoms with Gasteiger partial charge in [0.2, 0.25) is 0 Å². The Morgan fingerprint density at radius 1 is 1.14 bits per heavy atom. The molecule has 1 atom stereocenters. The van der Waals surface area contributed by atoms with E-state index in [2.05, 4.69) is 52.0 Å². The normalized spacial score (nSPS) is 12.9. The zero-order chi connectivity index (χ0) is 15.8. The number of aromatic nitrogens is 2. The second-order valence-corrected chi connectivity index (χ2v) is 6.36. The lowest BCUT2D eigenvalue weighted by molar-refractivity contribution is 0.409. The minimum Gasteiger partial charge on any atom is -0.316 e. The van der Waals surface area contributed by atoms with Gasteiger partial charge in [0.05, 0.1) is 0 Å². The molecule has 0 saturated heterocycles. The van der Waals surface area contributed by atoms with Crippen LogP contribution in [0.2, 0.25) is 0 Å². The Morgan fingerprint density at radius 2 is 1.76 bits per heavy atom. The molecule has 1 unspecified atom stereocenters. The van der Waals surface area contributed by atoms with Gasteiger partial charge >= 0.3 is 0 Å². The zero-order valence-corrected chi connectivity index (χ0v) is 14.7. The predicted octanol–water partition coefficient (Wildman–Crippen LogP) is 2.38. The van der Waals surface area contributed by atoms with Crippen LogP contribution in [0, 0.1) is 19.8 Å². The number of aryl methyl sites for hydroxylation is 2. The van der Waals surface area contributed by atoms with E-state index in [9.17, 15) is 0 Å². The standard InChI is InChI=1S/C17H32N4/c1-7-9-18-12-13(2)11-16-14(3)19-17(20-15(16)4)8-10-21(5)6/h13,18H,7-12H2,1-6H3. The maximum atomic E-state index is 4.70. The van der Waals surface area contributed by atoms with Crippen molar-refractivity contribution in [3.8, 4) is 0 Å². The number of nitrogens with one attached hydrogen (secondary N) is 1. The highest BCUT2D eigenvalue weighted by Crippen LogP contribution is 2.15. The maximum absolute atomic E-state index is 4.70. The van der Waals surface area contributed by atoms with Gasteiger partial charge in [0.15, 0.2) is 0 Å². The molecule has 0 fully saturated rings. The van der Waals surface area contributed by atoms with Crippen molar-refractivity contribution in [3.05, 3.63) is 22.8 Å². The van der Waals surface area contributed by atoms with Crippen LogP contribution in [-0.4, -0.2) is 48.6 Å². The van der Waals surface area contributed by atoms with Crippen LogP contribution in [0.15, 0.2) is 0 Å². The molecule has 0 aliphatic carbocycles. The van der Waals surface area contributed by atoms with Crippen molar-refractivity contribution >= 4 is 0 Å². The molecular weight excluding hydrogens is 260 g/mol. The molecule has 1 aromatic rings. The number of hydrogen-bond acceptors (Lipinski definition) is 4. The highest BCUT2D eigenvalue weighted by molar-refractivity contribution is 5.25. The van der Waals surface area contributed by atoms with Crippen molar-refractivity contribution in [2.75, 3.05) is 33.7 Å². The Morgan fingerprint density at radius 3 is 2.29 bits per heavy atom. The average Bonchev–Trinajstić information content (AvgIpc) is 2.41. The Bertz CT molecular complexity index is 406. The van der Waals surface area contributed by atoms with E-state index in [1.165, 1.54) is 12.0 Å². The molecule has 0 amide bonds. The minimum atomic E-state index is 0.616. The third kappa shape index (κ3) is 6.53. The van der Waals surface area contributed by atoms with Crippen molar-refractivity contribution in [3.63, 3.8) is 0 Å². The van der Waals surface area contributed by atoms with Gasteiger partial charge in [0.25, 0.3) is 0 Å². The molecule has 0 aliphatic rings. The summed E-state index contributed by atoms with van der Waals surface area (Å²) in [6, 6.07) is 0. The Hall–Kier alpha value is -1.00. The highest BCUT2D eigenvalue weighted by atomic mass is 15.1. The van der Waals surface area contributed by atoms with Gasteiger partial charge in [0.1, 0.15) is 5.82 Å². The molecule has 0 radical (unpaired) electrons. The van der Waals surface area contributed by atoms with Gasteiger partial charge in [-0.15, -0.1) is 0 Å². The second kappa shape index (κ2) is 9.11. The number of likely N-dealkylation sites (N-methyl/N-ethyl adjacent to an activating group) is 1. The quantitative estimate of drug-likeness (QED) is 0.710. The van der Waals surface area contributed by atoms with Gasteiger partial charge in [0, 0.05) is 24.4 Å². The van der Waals surface area contributed by atoms with Gasteiger partial charge in [-0.05, 0) is 65.4 Å². The number of rotatable bonds is 9. The van der Waals surface area contributed by atoms with Crippen LogP contribution in [0.3, 0.4) is 0 Å². The summed E-state index contributed by atoms with van der Waals surface area (Å²) in [5.74, 6) is 1.59. The molecule has 1 rings (SSSR count). The van der Waals surface area contributed by atoms with Crippen LogP contribution in [0.25, 0.3) is 0 Å². The molecule has 0 aliphatic heterocycles. The number of hydrogen-bond donors (Lipinski definition) is 1. The van der Waals surface area contributed by atoms with Crippen LogP contribution in [0.4, 0.5) is 0 Å². The van der Waals surface area contributed by atoms with Gasteiger partial charge in [-0.2, -0.15) is 0 Å². The molecule has 0 aromatic carbocycles. The number of nitrogens with zero attached hydrogens (tertiary/aromatic N) is 3. The first-order chi connectivity index (χ1) is 9.93. The average molecular weight is 292 g/mol. The predicted molar refractivity (Wildman–Crippen MR) is 89.8 cm³/mol. The summed E-state index contributed by atoms with van der Waals surface area (Å²) in [4.78, 5) is 11.6. The van der Waals surface area contributed by atoms with Gasteiger partial charge in [-0.25, -0.2) is 9.97 Å². The molecule has 4 nitrogen and oxygen atoms in total. The van der Waals surface area contributed by atoms with E-state index in [1.807, 2.05) is 0 Å². The van der Waals surface area contributed by atoms with E-state index in [0.29, 0.717) is 5.92 Å². The third-order valence-electron chi connectivity index (χ3n) is 3.72. The van der Waals surface area contributed by atoms with Crippen LogP contribution in [0.1, 0.15) is 43.0 Å². The molecule has 1 heterocycles. The minimum absolute atomic E-state index is 0.616. The first-order valence-corrected chi connectivity index (χ1v) is 8.12. The van der Waals surface area contributed by atoms with E-state index in [4.69, 9.17) is 9.97 Å². The lowest BCUT2D eigenvalue weighted by atomic mass is 9.98. The fourth-order valence-electron chi connectivity index (χ4n) is 2.49. The van der Waals surface area contributed by atoms with Gasteiger partial charge in [-0.3, -0.25) is 0 Å². The van der Waals surface area contributed by atoms with Crippen LogP contribution in [0.5, 0.6) is 0 Å². The van der Waals surface area contributed by atoms with Gasteiger partial charge in [-0.1, -0.05) is 13.8 Å². The molecule has 21 heavy (non-hydrogen) atoms. The first kappa shape index (κ1) is 18.1. The summed E-state index contributed by atoms with van der Waals surface area (Å²) >= 11 is 0. The fraction of sp³-hybridized carbons (Fsp3) is 0.765. The zero-order valence-electron chi connectivity index (χ0n) is 14.7. The first-order valence-electron chi connectivity index (χ1n) is 8.12. The largest absolute Gasteiger partial charge is 0.316 e. The van der Waals surface area contributed by atoms with Crippen molar-refractivity contribution in [1.82, 2.24) is 20.2 Å². The molecule has 0 spiro atoms.